The van der Waals surface area contributed by atoms with Crippen LogP contribution >= 0.6 is 0 Å². The minimum absolute atomic E-state index is 0.136. The largest absolute Gasteiger partial charge is 0.342 e. The highest BCUT2D eigenvalue weighted by atomic mass is 16.2. The van der Waals surface area contributed by atoms with Crippen LogP contribution < -0.4 is 0 Å². The molecule has 4 nitrogen and oxygen atoms in total. The number of amides is 2. The van der Waals surface area contributed by atoms with Crippen LogP contribution in [0, 0.1) is 25.2 Å². The highest BCUT2D eigenvalue weighted by Crippen LogP contribution is 2.40. The Hall–Kier alpha value is -1.84. The molecular weight excluding hydrogens is 348 g/mol. The monoisotopic (exact) mass is 382 g/mol. The number of nitrogens with zero attached hydrogens (tertiary/aromatic N) is 2. The Morgan fingerprint density at radius 1 is 1.14 bits per heavy atom. The molecule has 1 aromatic rings. The molecule has 1 aliphatic carbocycles. The number of piperidine rings is 2. The van der Waals surface area contributed by atoms with Gasteiger partial charge in [-0.05, 0) is 75.0 Å². The lowest BCUT2D eigenvalue weighted by atomic mass is 9.73. The van der Waals surface area contributed by atoms with Crippen molar-refractivity contribution in [3.05, 3.63) is 34.9 Å². The summed E-state index contributed by atoms with van der Waals surface area (Å²) in [5, 5.41) is 0. The molecule has 2 saturated heterocycles. The summed E-state index contributed by atoms with van der Waals surface area (Å²) in [5.74, 6) is 1.34. The third-order valence-corrected chi connectivity index (χ3v) is 7.14. The SMILES string of the molecule is Cc1ccc(CCC(=O)N2CCC[C@]3(CCC(=O)N(CC4CC4)C3)C2)cc1C. The predicted octanol–water partition coefficient (Wildman–Crippen LogP) is 3.88. The second-order valence-electron chi connectivity index (χ2n) is 9.56. The summed E-state index contributed by atoms with van der Waals surface area (Å²) in [6, 6.07) is 6.51. The van der Waals surface area contributed by atoms with Gasteiger partial charge in [-0.25, -0.2) is 0 Å². The normalized spacial score (nSPS) is 25.4. The quantitative estimate of drug-likeness (QED) is 0.775. The summed E-state index contributed by atoms with van der Waals surface area (Å²) in [5.41, 5.74) is 3.99. The minimum Gasteiger partial charge on any atom is -0.342 e. The molecule has 3 aliphatic rings. The Labute approximate surface area is 169 Å². The Morgan fingerprint density at radius 3 is 2.71 bits per heavy atom. The summed E-state index contributed by atoms with van der Waals surface area (Å²) >= 11 is 0. The summed E-state index contributed by atoms with van der Waals surface area (Å²) in [7, 11) is 0. The molecule has 28 heavy (non-hydrogen) atoms. The van der Waals surface area contributed by atoms with Gasteiger partial charge in [0.15, 0.2) is 0 Å². The van der Waals surface area contributed by atoms with Crippen molar-refractivity contribution in [1.82, 2.24) is 9.80 Å². The lowest BCUT2D eigenvalue weighted by Gasteiger charge is -2.48. The van der Waals surface area contributed by atoms with Gasteiger partial charge in [0, 0.05) is 44.4 Å². The number of hydrogen-bond acceptors (Lipinski definition) is 2. The first-order valence-electron chi connectivity index (χ1n) is 11.1. The van der Waals surface area contributed by atoms with E-state index in [0.717, 1.165) is 57.8 Å². The fourth-order valence-corrected chi connectivity index (χ4v) is 5.00. The van der Waals surface area contributed by atoms with Crippen molar-refractivity contribution < 1.29 is 9.59 Å². The van der Waals surface area contributed by atoms with Gasteiger partial charge in [0.05, 0.1) is 0 Å². The van der Waals surface area contributed by atoms with E-state index >= 15 is 0 Å². The first-order chi connectivity index (χ1) is 13.4. The molecule has 0 aromatic heterocycles. The maximum absolute atomic E-state index is 12.9. The number of benzene rings is 1. The molecule has 0 N–H and O–H groups in total. The first kappa shape index (κ1) is 19.5. The molecule has 0 bridgehead atoms. The number of rotatable bonds is 5. The van der Waals surface area contributed by atoms with Crippen molar-refractivity contribution in [2.45, 2.75) is 65.2 Å². The van der Waals surface area contributed by atoms with Crippen molar-refractivity contribution in [2.24, 2.45) is 11.3 Å². The average Bonchev–Trinajstić information content (AvgIpc) is 3.50. The molecule has 0 radical (unpaired) electrons. The zero-order valence-corrected chi connectivity index (χ0v) is 17.5. The molecule has 2 heterocycles. The first-order valence-corrected chi connectivity index (χ1v) is 11.1. The van der Waals surface area contributed by atoms with Gasteiger partial charge in [0.25, 0.3) is 0 Å². The summed E-state index contributed by atoms with van der Waals surface area (Å²) in [6.07, 6.45) is 7.80. The molecule has 1 atom stereocenters. The maximum Gasteiger partial charge on any atom is 0.222 e. The number of carbonyl (C=O) groups excluding carboxylic acids is 2. The van der Waals surface area contributed by atoms with Crippen molar-refractivity contribution in [3.8, 4) is 0 Å². The van der Waals surface area contributed by atoms with Crippen LogP contribution in [-0.4, -0.2) is 47.8 Å². The number of aryl methyl sites for hydroxylation is 3. The molecule has 2 amide bonds. The molecule has 0 unspecified atom stereocenters. The predicted molar refractivity (Wildman–Crippen MR) is 111 cm³/mol. The third kappa shape index (κ3) is 4.42. The molecule has 3 fully saturated rings. The zero-order chi connectivity index (χ0) is 19.7. The van der Waals surface area contributed by atoms with Crippen LogP contribution in [0.4, 0.5) is 0 Å². The van der Waals surface area contributed by atoms with E-state index in [1.165, 1.54) is 29.5 Å². The van der Waals surface area contributed by atoms with Gasteiger partial charge < -0.3 is 9.80 Å². The fourth-order valence-electron chi connectivity index (χ4n) is 5.00. The van der Waals surface area contributed by atoms with Crippen LogP contribution in [0.5, 0.6) is 0 Å². The highest BCUT2D eigenvalue weighted by molar-refractivity contribution is 5.78. The highest BCUT2D eigenvalue weighted by Gasteiger charge is 2.43. The molecule has 152 valence electrons. The maximum atomic E-state index is 12.9. The van der Waals surface area contributed by atoms with Gasteiger partial charge in [-0.15, -0.1) is 0 Å². The summed E-state index contributed by atoms with van der Waals surface area (Å²) < 4.78 is 0. The molecule has 1 saturated carbocycles. The summed E-state index contributed by atoms with van der Waals surface area (Å²) in [6.45, 7) is 7.79. The van der Waals surface area contributed by atoms with Crippen LogP contribution in [0.15, 0.2) is 18.2 Å². The Kier molecular flexibility index (Phi) is 5.48. The zero-order valence-electron chi connectivity index (χ0n) is 17.5. The second-order valence-corrected chi connectivity index (χ2v) is 9.56. The molecule has 1 aromatic carbocycles. The standard InChI is InChI=1S/C24H34N2O2/c1-18-4-5-20(14-19(18)2)8-9-22(27)25-13-3-11-24(16-25)12-10-23(28)26(17-24)15-21-6-7-21/h4-5,14,21H,3,6-13,15-17H2,1-2H3/t24-/m0/s1. The van der Waals surface area contributed by atoms with Crippen molar-refractivity contribution in [2.75, 3.05) is 26.2 Å². The van der Waals surface area contributed by atoms with Gasteiger partial charge >= 0.3 is 0 Å². The summed E-state index contributed by atoms with van der Waals surface area (Å²) in [4.78, 5) is 29.5. The molecule has 2 aliphatic heterocycles. The number of likely N-dealkylation sites (tertiary alicyclic amines) is 2. The fraction of sp³-hybridized carbons (Fsp3) is 0.667. The van der Waals surface area contributed by atoms with E-state index in [-0.39, 0.29) is 11.3 Å². The van der Waals surface area contributed by atoms with Gasteiger partial charge in [-0.3, -0.25) is 9.59 Å². The third-order valence-electron chi connectivity index (χ3n) is 7.14. The Morgan fingerprint density at radius 2 is 1.96 bits per heavy atom. The van der Waals surface area contributed by atoms with E-state index in [9.17, 15) is 9.59 Å². The van der Waals surface area contributed by atoms with E-state index in [1.807, 2.05) is 0 Å². The van der Waals surface area contributed by atoms with E-state index in [0.29, 0.717) is 18.7 Å². The lowest BCUT2D eigenvalue weighted by Crippen LogP contribution is -2.55. The van der Waals surface area contributed by atoms with Gasteiger partial charge in [0.2, 0.25) is 11.8 Å². The van der Waals surface area contributed by atoms with E-state index in [4.69, 9.17) is 0 Å². The van der Waals surface area contributed by atoms with Crippen molar-refractivity contribution >= 4 is 11.8 Å². The van der Waals surface area contributed by atoms with Crippen molar-refractivity contribution in [3.63, 3.8) is 0 Å². The second kappa shape index (κ2) is 7.88. The van der Waals surface area contributed by atoms with E-state index < -0.39 is 0 Å². The van der Waals surface area contributed by atoms with Crippen LogP contribution in [0.25, 0.3) is 0 Å². The topological polar surface area (TPSA) is 40.6 Å². The molecule has 1 spiro atoms. The number of carbonyl (C=O) groups is 2. The van der Waals surface area contributed by atoms with Crippen LogP contribution in [0.3, 0.4) is 0 Å². The molecule has 4 heteroatoms. The van der Waals surface area contributed by atoms with Gasteiger partial charge in [-0.2, -0.15) is 0 Å². The Balaban J connectivity index is 1.35. The lowest BCUT2D eigenvalue weighted by molar-refractivity contribution is -0.143. The van der Waals surface area contributed by atoms with Crippen LogP contribution in [0.2, 0.25) is 0 Å². The van der Waals surface area contributed by atoms with Crippen molar-refractivity contribution in [1.29, 1.82) is 0 Å². The van der Waals surface area contributed by atoms with E-state index in [1.54, 1.807) is 0 Å². The van der Waals surface area contributed by atoms with E-state index in [2.05, 4.69) is 41.8 Å². The molecular formula is C24H34N2O2. The van der Waals surface area contributed by atoms with Gasteiger partial charge in [-0.1, -0.05) is 18.2 Å². The number of hydrogen-bond donors (Lipinski definition) is 0. The average molecular weight is 383 g/mol. The molecule has 4 rings (SSSR count). The smallest absolute Gasteiger partial charge is 0.222 e. The van der Waals surface area contributed by atoms with Crippen LogP contribution in [0.1, 0.15) is 61.6 Å². The minimum atomic E-state index is 0.136. The Bertz CT molecular complexity index is 755. The van der Waals surface area contributed by atoms with Crippen LogP contribution in [-0.2, 0) is 16.0 Å². The van der Waals surface area contributed by atoms with Gasteiger partial charge in [0.1, 0.15) is 0 Å².